The van der Waals surface area contributed by atoms with E-state index < -0.39 is 18.1 Å². The van der Waals surface area contributed by atoms with Crippen LogP contribution in [0.3, 0.4) is 0 Å². The minimum absolute atomic E-state index is 0.188. The number of carbonyl (C=O) groups is 2. The first kappa shape index (κ1) is 17.5. The first-order valence-corrected chi connectivity index (χ1v) is 6.20. The van der Waals surface area contributed by atoms with E-state index in [1.165, 1.54) is 5.39 Å². The van der Waals surface area contributed by atoms with Crippen LogP contribution in [-0.4, -0.2) is 28.3 Å². The van der Waals surface area contributed by atoms with Gasteiger partial charge in [-0.1, -0.05) is 42.5 Å². The average Bonchev–Trinajstić information content (AvgIpc) is 2.44. The molecule has 2 N–H and O–H groups in total. The summed E-state index contributed by atoms with van der Waals surface area (Å²) in [5.41, 5.74) is 1.11. The van der Waals surface area contributed by atoms with Crippen molar-refractivity contribution in [2.75, 3.05) is 0 Å². The highest BCUT2D eigenvalue weighted by Crippen LogP contribution is 2.19. The summed E-state index contributed by atoms with van der Waals surface area (Å²) in [5.74, 6) is -3.50. The van der Waals surface area contributed by atoms with Gasteiger partial charge in [-0.05, 0) is 22.8 Å². The second-order valence-electron chi connectivity index (χ2n) is 4.33. The zero-order valence-corrected chi connectivity index (χ0v) is 11.3. The molecule has 2 aromatic rings. The number of carboxylic acids is 2. The highest BCUT2D eigenvalue weighted by atomic mass is 19.4. The third kappa shape index (κ3) is 5.43. The van der Waals surface area contributed by atoms with Crippen molar-refractivity contribution in [1.82, 2.24) is 0 Å². The monoisotopic (exact) mass is 314 g/mol. The summed E-state index contributed by atoms with van der Waals surface area (Å²) in [6.45, 7) is 0. The van der Waals surface area contributed by atoms with Crippen molar-refractivity contribution in [2.24, 2.45) is 0 Å². The molecule has 0 aliphatic rings. The van der Waals surface area contributed by atoms with E-state index in [-0.39, 0.29) is 6.42 Å². The van der Waals surface area contributed by atoms with Gasteiger partial charge in [-0.3, -0.25) is 4.79 Å². The smallest absolute Gasteiger partial charge is 0.481 e. The molecule has 0 saturated heterocycles. The van der Waals surface area contributed by atoms with Crippen LogP contribution in [0.5, 0.6) is 0 Å². The maximum atomic E-state index is 10.6. The number of halogens is 3. The summed E-state index contributed by atoms with van der Waals surface area (Å²) in [4.78, 5) is 19.4. The molecule has 118 valence electrons. The molecule has 2 aromatic carbocycles. The van der Waals surface area contributed by atoms with Crippen LogP contribution in [0.1, 0.15) is 12.0 Å². The van der Waals surface area contributed by atoms with E-state index >= 15 is 0 Å². The Labute approximate surface area is 123 Å². The molecule has 22 heavy (non-hydrogen) atoms. The van der Waals surface area contributed by atoms with Gasteiger partial charge >= 0.3 is 18.1 Å². The highest BCUT2D eigenvalue weighted by Gasteiger charge is 2.38. The Bertz CT molecular complexity index is 660. The number of alkyl halides is 3. The Morgan fingerprint density at radius 3 is 2.05 bits per heavy atom. The van der Waals surface area contributed by atoms with E-state index in [0.29, 0.717) is 6.42 Å². The highest BCUT2D eigenvalue weighted by molar-refractivity contribution is 5.86. The van der Waals surface area contributed by atoms with Crippen LogP contribution < -0.4 is 0 Å². The molecular weight excluding hydrogens is 301 g/mol. The van der Waals surface area contributed by atoms with Crippen LogP contribution in [0.25, 0.3) is 10.8 Å². The number of hydrogen-bond acceptors (Lipinski definition) is 2. The van der Waals surface area contributed by atoms with Crippen molar-refractivity contribution in [3.8, 4) is 0 Å². The Hall–Kier alpha value is -2.57. The third-order valence-corrected chi connectivity index (χ3v) is 2.73. The van der Waals surface area contributed by atoms with E-state index in [9.17, 15) is 18.0 Å². The molecule has 0 radical (unpaired) electrons. The fourth-order valence-electron chi connectivity index (χ4n) is 1.75. The van der Waals surface area contributed by atoms with Crippen molar-refractivity contribution in [1.29, 1.82) is 0 Å². The van der Waals surface area contributed by atoms with Crippen LogP contribution in [-0.2, 0) is 16.0 Å². The SMILES string of the molecule is O=C(O)C(F)(F)F.O=C(O)CCc1cccc2ccccc12. The van der Waals surface area contributed by atoms with Gasteiger partial charge in [0.2, 0.25) is 0 Å². The van der Waals surface area contributed by atoms with Gasteiger partial charge in [0.15, 0.2) is 0 Å². The topological polar surface area (TPSA) is 74.6 Å². The zero-order chi connectivity index (χ0) is 16.8. The largest absolute Gasteiger partial charge is 0.490 e. The molecule has 7 heteroatoms. The number of aliphatic carboxylic acids is 2. The first-order chi connectivity index (χ1) is 10.2. The predicted molar refractivity (Wildman–Crippen MR) is 73.6 cm³/mol. The Morgan fingerprint density at radius 1 is 0.955 bits per heavy atom. The molecule has 0 aliphatic heterocycles. The number of carboxylic acid groups (broad SMARTS) is 2. The van der Waals surface area contributed by atoms with E-state index in [4.69, 9.17) is 15.0 Å². The second-order valence-corrected chi connectivity index (χ2v) is 4.33. The quantitative estimate of drug-likeness (QED) is 0.909. The second kappa shape index (κ2) is 7.44. The van der Waals surface area contributed by atoms with Crippen molar-refractivity contribution < 1.29 is 33.0 Å². The molecule has 0 bridgehead atoms. The fourth-order valence-corrected chi connectivity index (χ4v) is 1.75. The Kier molecular flexibility index (Phi) is 5.91. The number of fused-ring (bicyclic) bond motifs is 1. The van der Waals surface area contributed by atoms with Gasteiger partial charge in [-0.15, -0.1) is 0 Å². The lowest BCUT2D eigenvalue weighted by Crippen LogP contribution is -2.21. The minimum Gasteiger partial charge on any atom is -0.481 e. The first-order valence-electron chi connectivity index (χ1n) is 6.20. The number of aryl methyl sites for hydroxylation is 1. The molecule has 2 rings (SSSR count). The molecule has 4 nitrogen and oxygen atoms in total. The summed E-state index contributed by atoms with van der Waals surface area (Å²) >= 11 is 0. The van der Waals surface area contributed by atoms with E-state index in [0.717, 1.165) is 10.9 Å². The van der Waals surface area contributed by atoms with Gasteiger partial charge in [-0.2, -0.15) is 13.2 Å². The summed E-state index contributed by atoms with van der Waals surface area (Å²) < 4.78 is 31.7. The van der Waals surface area contributed by atoms with Crippen LogP contribution in [0.2, 0.25) is 0 Å². The standard InChI is InChI=1S/C13H12O2.C2HF3O2/c14-13(15)9-8-11-6-3-5-10-4-1-2-7-12(10)11;3-2(4,5)1(6)7/h1-7H,8-9H2,(H,14,15);(H,6,7). The van der Waals surface area contributed by atoms with Gasteiger partial charge in [-0.25, -0.2) is 4.79 Å². The third-order valence-electron chi connectivity index (χ3n) is 2.73. The maximum absolute atomic E-state index is 10.6. The average molecular weight is 314 g/mol. The van der Waals surface area contributed by atoms with Crippen LogP contribution in [0, 0.1) is 0 Å². The molecule has 0 amide bonds. The Morgan fingerprint density at radius 2 is 1.50 bits per heavy atom. The lowest BCUT2D eigenvalue weighted by atomic mass is 10.0. The van der Waals surface area contributed by atoms with Crippen molar-refractivity contribution >= 4 is 22.7 Å². The van der Waals surface area contributed by atoms with Gasteiger partial charge in [0.05, 0.1) is 0 Å². The molecule has 0 aromatic heterocycles. The lowest BCUT2D eigenvalue weighted by molar-refractivity contribution is -0.192. The van der Waals surface area contributed by atoms with E-state index in [2.05, 4.69) is 0 Å². The fraction of sp³-hybridized carbons (Fsp3) is 0.200. The van der Waals surface area contributed by atoms with Gasteiger partial charge in [0, 0.05) is 6.42 Å². The van der Waals surface area contributed by atoms with Crippen molar-refractivity contribution in [3.63, 3.8) is 0 Å². The summed E-state index contributed by atoms with van der Waals surface area (Å²) in [5, 5.41) is 18.1. The van der Waals surface area contributed by atoms with Crippen LogP contribution in [0.15, 0.2) is 42.5 Å². The zero-order valence-electron chi connectivity index (χ0n) is 11.3. The minimum atomic E-state index is -5.08. The van der Waals surface area contributed by atoms with E-state index in [1.54, 1.807) is 0 Å². The van der Waals surface area contributed by atoms with Crippen molar-refractivity contribution in [3.05, 3.63) is 48.0 Å². The van der Waals surface area contributed by atoms with E-state index in [1.807, 2.05) is 42.5 Å². The summed E-state index contributed by atoms with van der Waals surface area (Å²) in [6.07, 6.45) is -4.30. The normalized spacial score (nSPS) is 10.7. The Balaban J connectivity index is 0.000000295. The number of hydrogen-bond donors (Lipinski definition) is 2. The number of benzene rings is 2. The van der Waals surface area contributed by atoms with Crippen LogP contribution >= 0.6 is 0 Å². The molecule has 0 fully saturated rings. The number of rotatable bonds is 3. The molecule has 0 unspecified atom stereocenters. The molecule has 0 atom stereocenters. The van der Waals surface area contributed by atoms with Gasteiger partial charge in [0.25, 0.3) is 0 Å². The van der Waals surface area contributed by atoms with Crippen LogP contribution in [0.4, 0.5) is 13.2 Å². The summed E-state index contributed by atoms with van der Waals surface area (Å²) in [6, 6.07) is 14.0. The molecular formula is C15H13F3O4. The van der Waals surface area contributed by atoms with Crippen molar-refractivity contribution in [2.45, 2.75) is 19.0 Å². The predicted octanol–water partition coefficient (Wildman–Crippen LogP) is 3.49. The maximum Gasteiger partial charge on any atom is 0.490 e. The summed E-state index contributed by atoms with van der Waals surface area (Å²) in [7, 11) is 0. The molecule has 0 saturated carbocycles. The molecule has 0 spiro atoms. The molecule has 0 heterocycles. The van der Waals surface area contributed by atoms with Gasteiger partial charge < -0.3 is 10.2 Å². The van der Waals surface area contributed by atoms with Gasteiger partial charge in [0.1, 0.15) is 0 Å². The molecule has 0 aliphatic carbocycles. The lowest BCUT2D eigenvalue weighted by Gasteiger charge is -2.04.